The fourth-order valence-corrected chi connectivity index (χ4v) is 14.9. The Kier molecular flexibility index (Phi) is 11.3. The number of benzene rings is 8. The molecule has 0 radical (unpaired) electrons. The first kappa shape index (κ1) is 51.6. The highest BCUT2D eigenvalue weighted by atomic mass is 32.1. The maximum atomic E-state index is 2.72. The molecule has 398 valence electrons. The third-order valence-electron chi connectivity index (χ3n) is 18.5. The molecule has 0 amide bonds. The van der Waals surface area contributed by atoms with Crippen molar-refractivity contribution >= 4 is 99.8 Å². The van der Waals surface area contributed by atoms with Crippen molar-refractivity contribution in [3.8, 4) is 16.8 Å². The number of rotatable bonds is 4. The van der Waals surface area contributed by atoms with E-state index in [1.54, 1.807) is 0 Å². The third kappa shape index (κ3) is 8.17. The summed E-state index contributed by atoms with van der Waals surface area (Å²) in [7, 11) is 0. The molecule has 0 saturated carbocycles. The minimum absolute atomic E-state index is 0.00450. The van der Waals surface area contributed by atoms with Crippen molar-refractivity contribution in [1.82, 2.24) is 4.57 Å². The van der Waals surface area contributed by atoms with E-state index < -0.39 is 0 Å². The molecule has 3 nitrogen and oxygen atoms in total. The maximum absolute atomic E-state index is 2.72. The van der Waals surface area contributed by atoms with E-state index in [0.29, 0.717) is 0 Å². The number of thiophene rings is 1. The van der Waals surface area contributed by atoms with Gasteiger partial charge in [0, 0.05) is 53.9 Å². The largest absolute Gasteiger partial charge is 0.311 e. The van der Waals surface area contributed by atoms with Gasteiger partial charge < -0.3 is 14.4 Å². The Morgan fingerprint density at radius 1 is 0.430 bits per heavy atom. The minimum Gasteiger partial charge on any atom is -0.311 e. The van der Waals surface area contributed by atoms with Crippen LogP contribution in [-0.2, 0) is 32.5 Å². The van der Waals surface area contributed by atoms with E-state index in [1.807, 2.05) is 11.3 Å². The van der Waals surface area contributed by atoms with Gasteiger partial charge in [0.25, 0.3) is 6.71 Å². The summed E-state index contributed by atoms with van der Waals surface area (Å²) in [5.41, 5.74) is 24.4. The van der Waals surface area contributed by atoms with Crippen LogP contribution in [0.15, 0.2) is 158 Å². The van der Waals surface area contributed by atoms with Crippen molar-refractivity contribution in [1.29, 1.82) is 0 Å². The number of para-hydroxylation sites is 2. The Bertz CT molecular complexity index is 4080. The zero-order valence-electron chi connectivity index (χ0n) is 49.8. The van der Waals surface area contributed by atoms with Gasteiger partial charge in [-0.25, -0.2) is 0 Å². The number of anilines is 6. The monoisotopic (exact) mass is 1050 g/mol. The first-order valence-electron chi connectivity index (χ1n) is 29.1. The molecule has 0 atom stereocenters. The van der Waals surface area contributed by atoms with Gasteiger partial charge in [-0.1, -0.05) is 208 Å². The first-order chi connectivity index (χ1) is 37.2. The third-order valence-corrected chi connectivity index (χ3v) is 19.7. The fraction of sp³-hybridized carbons (Fsp3) is 0.324. The lowest BCUT2D eigenvalue weighted by atomic mass is 9.36. The Morgan fingerprint density at radius 3 is 1.56 bits per heavy atom. The van der Waals surface area contributed by atoms with Crippen molar-refractivity contribution in [2.24, 2.45) is 0 Å². The van der Waals surface area contributed by atoms with Crippen molar-refractivity contribution in [2.45, 2.75) is 156 Å². The van der Waals surface area contributed by atoms with Crippen molar-refractivity contribution < 1.29 is 0 Å². The first-order valence-corrected chi connectivity index (χ1v) is 29.9. The fourth-order valence-electron chi connectivity index (χ4n) is 13.6. The van der Waals surface area contributed by atoms with Crippen LogP contribution in [0.2, 0.25) is 0 Å². The second-order valence-electron chi connectivity index (χ2n) is 29.0. The SMILES string of the molecule is CC(C)(C)c1ccc(-c2cc(C(C)(C)C)ccc2N2c3ccc(C(C)(C)C)cc3B3c4sc5cc(C(C)(C)C)ccc5c4N(c4ccc5c(c4)C(C)(C)CCC5(C)C)c4cc(-n5c6ccccc6c6ccccc65)cc2c43)cc1. The number of fused-ring (bicyclic) bond motifs is 10. The van der Waals surface area contributed by atoms with Gasteiger partial charge in [-0.15, -0.1) is 11.3 Å². The smallest absolute Gasteiger partial charge is 0.264 e. The van der Waals surface area contributed by atoms with Gasteiger partial charge in [0.05, 0.1) is 28.1 Å². The minimum atomic E-state index is -0.0767. The molecule has 0 N–H and O–H groups in total. The van der Waals surface area contributed by atoms with Gasteiger partial charge in [-0.05, 0) is 156 Å². The summed E-state index contributed by atoms with van der Waals surface area (Å²) in [6.45, 7) is 38.0. The van der Waals surface area contributed by atoms with Crippen LogP contribution in [0, 0.1) is 0 Å². The van der Waals surface area contributed by atoms with Crippen molar-refractivity contribution in [3.63, 3.8) is 0 Å². The van der Waals surface area contributed by atoms with E-state index >= 15 is 0 Å². The van der Waals surface area contributed by atoms with Crippen LogP contribution in [0.25, 0.3) is 48.7 Å². The molecule has 0 bridgehead atoms. The molecule has 5 heteroatoms. The van der Waals surface area contributed by atoms with Gasteiger partial charge in [-0.3, -0.25) is 0 Å². The molecule has 2 aliphatic heterocycles. The second kappa shape index (κ2) is 17.3. The normalized spacial score (nSPS) is 15.9. The van der Waals surface area contributed by atoms with E-state index in [9.17, 15) is 0 Å². The molecule has 1 aliphatic carbocycles. The summed E-state index contributed by atoms with van der Waals surface area (Å²) in [6.07, 6.45) is 2.32. The highest BCUT2D eigenvalue weighted by molar-refractivity contribution is 7.33. The van der Waals surface area contributed by atoms with Crippen LogP contribution in [0.5, 0.6) is 0 Å². The lowest BCUT2D eigenvalue weighted by molar-refractivity contribution is 0.332. The summed E-state index contributed by atoms with van der Waals surface area (Å²) < 4.78 is 5.30. The van der Waals surface area contributed by atoms with Crippen LogP contribution in [0.4, 0.5) is 34.1 Å². The molecule has 79 heavy (non-hydrogen) atoms. The zero-order valence-corrected chi connectivity index (χ0v) is 50.6. The van der Waals surface area contributed by atoms with Crippen LogP contribution in [0.3, 0.4) is 0 Å². The average Bonchev–Trinajstić information content (AvgIpc) is 4.21. The second-order valence-corrected chi connectivity index (χ2v) is 30.1. The molecule has 2 aromatic heterocycles. The number of hydrogen-bond donors (Lipinski definition) is 0. The summed E-state index contributed by atoms with van der Waals surface area (Å²) in [5.74, 6) is 0. The van der Waals surface area contributed by atoms with Gasteiger partial charge in [0.1, 0.15) is 0 Å². The lowest BCUT2D eigenvalue weighted by Gasteiger charge is -2.45. The average molecular weight is 1050 g/mol. The molecular weight excluding hydrogens is 974 g/mol. The number of aromatic nitrogens is 1. The number of hydrogen-bond acceptors (Lipinski definition) is 3. The molecule has 10 aromatic rings. The van der Waals surface area contributed by atoms with E-state index in [-0.39, 0.29) is 39.2 Å². The Hall–Kier alpha value is -6.82. The van der Waals surface area contributed by atoms with Crippen LogP contribution < -0.4 is 25.5 Å². The van der Waals surface area contributed by atoms with E-state index in [0.717, 1.165) is 12.1 Å². The molecule has 8 aromatic carbocycles. The van der Waals surface area contributed by atoms with E-state index in [1.165, 1.54) is 133 Å². The molecular formula is C74H78BN3S. The molecule has 13 rings (SSSR count). The summed E-state index contributed by atoms with van der Waals surface area (Å²) in [5, 5.41) is 3.83. The van der Waals surface area contributed by atoms with Gasteiger partial charge >= 0.3 is 0 Å². The van der Waals surface area contributed by atoms with Crippen LogP contribution in [-0.4, -0.2) is 11.3 Å². The standard InChI is InChI=1S/C74H78BN3S/c1-69(2,3)46-27-25-45(26-28-46)55-39-47(70(4,5)6)30-35-61(55)78-62-36-31-48(71(7,8)9)40-58(62)75-66-63(43-51(44-64(66)78)76-59-23-19-17-21-52(59)53-22-18-20-24-60(53)76)77(50-32-34-56-57(42-50)74(15,16)38-37-73(56,13)14)67-54-33-29-49(72(10,11)12)41-65(54)79-68(67)75/h17-36,39-44H,37-38H2,1-16H3. The van der Waals surface area contributed by atoms with Crippen LogP contribution in [0.1, 0.15) is 157 Å². The quantitative estimate of drug-likeness (QED) is 0.163. The Balaban J connectivity index is 1.21. The van der Waals surface area contributed by atoms with Crippen molar-refractivity contribution in [2.75, 3.05) is 9.80 Å². The topological polar surface area (TPSA) is 11.4 Å². The van der Waals surface area contributed by atoms with Gasteiger partial charge in [0.2, 0.25) is 0 Å². The lowest BCUT2D eigenvalue weighted by Crippen LogP contribution is -2.60. The molecule has 0 fully saturated rings. The zero-order chi connectivity index (χ0) is 55.7. The Morgan fingerprint density at radius 2 is 0.949 bits per heavy atom. The molecule has 0 saturated heterocycles. The highest BCUT2D eigenvalue weighted by Gasteiger charge is 2.47. The van der Waals surface area contributed by atoms with E-state index in [4.69, 9.17) is 0 Å². The van der Waals surface area contributed by atoms with Gasteiger partial charge in [0.15, 0.2) is 0 Å². The summed E-state index contributed by atoms with van der Waals surface area (Å²) >= 11 is 2.02. The van der Waals surface area contributed by atoms with Crippen molar-refractivity contribution in [3.05, 3.63) is 191 Å². The number of nitrogens with zero attached hydrogens (tertiary/aromatic N) is 3. The highest BCUT2D eigenvalue weighted by Crippen LogP contribution is 2.54. The molecule has 4 heterocycles. The van der Waals surface area contributed by atoms with Gasteiger partial charge in [-0.2, -0.15) is 0 Å². The predicted octanol–water partition coefficient (Wildman–Crippen LogP) is 19.3. The van der Waals surface area contributed by atoms with E-state index in [2.05, 4.69) is 283 Å². The molecule has 0 unspecified atom stereocenters. The Labute approximate surface area is 475 Å². The maximum Gasteiger partial charge on any atom is 0.264 e. The molecule has 3 aliphatic rings. The molecule has 0 spiro atoms. The summed E-state index contributed by atoms with van der Waals surface area (Å²) in [6, 6.07) is 62.4. The van der Waals surface area contributed by atoms with Crippen LogP contribution >= 0.6 is 11.3 Å². The predicted molar refractivity (Wildman–Crippen MR) is 346 cm³/mol. The summed E-state index contributed by atoms with van der Waals surface area (Å²) in [4.78, 5) is 5.40.